The Balaban J connectivity index is 2.00. The molecule has 0 aliphatic carbocycles. The molecule has 1 aromatic rings. The second-order valence-corrected chi connectivity index (χ2v) is 7.26. The maximum absolute atomic E-state index is 12.4. The maximum atomic E-state index is 12.4. The van der Waals surface area contributed by atoms with Crippen LogP contribution in [0.5, 0.6) is 0 Å². The highest BCUT2D eigenvalue weighted by atomic mass is 32.2. The zero-order valence-corrected chi connectivity index (χ0v) is 12.9. The zero-order chi connectivity index (χ0) is 15.5. The lowest BCUT2D eigenvalue weighted by atomic mass is 9.97. The number of carbonyl (C=O) groups is 1. The molecule has 1 aliphatic rings. The molecule has 0 unspecified atom stereocenters. The summed E-state index contributed by atoms with van der Waals surface area (Å²) in [6.07, 6.45) is 1.13. The van der Waals surface area contributed by atoms with Gasteiger partial charge in [-0.3, -0.25) is 4.79 Å². The highest BCUT2D eigenvalue weighted by Gasteiger charge is 2.30. The third kappa shape index (κ3) is 3.95. The lowest BCUT2D eigenvalue weighted by molar-refractivity contribution is -0.125. The van der Waals surface area contributed by atoms with Crippen molar-refractivity contribution in [3.05, 3.63) is 29.8 Å². The second kappa shape index (κ2) is 6.44. The van der Waals surface area contributed by atoms with Gasteiger partial charge in [-0.15, -0.1) is 0 Å². The lowest BCUT2D eigenvalue weighted by Gasteiger charge is -2.30. The topological polar surface area (TPSA) is 92.5 Å². The van der Waals surface area contributed by atoms with Crippen molar-refractivity contribution in [2.45, 2.75) is 18.6 Å². The summed E-state index contributed by atoms with van der Waals surface area (Å²) in [5.74, 6) is -0.153. The first kappa shape index (κ1) is 15.8. The Hall–Kier alpha value is -1.60. The summed E-state index contributed by atoms with van der Waals surface area (Å²) >= 11 is 0. The van der Waals surface area contributed by atoms with Gasteiger partial charge in [0.1, 0.15) is 0 Å². The number of amides is 1. The predicted molar refractivity (Wildman–Crippen MR) is 81.8 cm³/mol. The number of hydrogen-bond acceptors (Lipinski definition) is 4. The summed E-state index contributed by atoms with van der Waals surface area (Å²) in [5.41, 5.74) is 6.91. The van der Waals surface area contributed by atoms with Crippen molar-refractivity contribution >= 4 is 21.6 Å². The molecule has 21 heavy (non-hydrogen) atoms. The average molecular weight is 311 g/mol. The molecule has 0 aromatic heterocycles. The van der Waals surface area contributed by atoms with E-state index in [4.69, 9.17) is 5.73 Å². The Morgan fingerprint density at radius 1 is 1.38 bits per heavy atom. The standard InChI is InChI=1S/C14H21N3O3S/c1-16-14(18)12-5-7-17(8-6-12)21(19,20)10-11-3-2-4-13(15)9-11/h2-4,9,12H,5-8,10,15H2,1H3,(H,16,18). The molecular weight excluding hydrogens is 290 g/mol. The van der Waals surface area contributed by atoms with Gasteiger partial charge in [-0.25, -0.2) is 12.7 Å². The number of hydrogen-bond donors (Lipinski definition) is 2. The van der Waals surface area contributed by atoms with E-state index in [1.165, 1.54) is 4.31 Å². The molecule has 116 valence electrons. The van der Waals surface area contributed by atoms with E-state index >= 15 is 0 Å². The van der Waals surface area contributed by atoms with Gasteiger partial charge >= 0.3 is 0 Å². The van der Waals surface area contributed by atoms with Gasteiger partial charge in [0.2, 0.25) is 15.9 Å². The number of carbonyl (C=O) groups excluding carboxylic acids is 1. The molecule has 7 heteroatoms. The molecule has 0 atom stereocenters. The third-order valence-corrected chi connectivity index (χ3v) is 5.61. The van der Waals surface area contributed by atoms with E-state index in [9.17, 15) is 13.2 Å². The van der Waals surface area contributed by atoms with Crippen molar-refractivity contribution in [3.8, 4) is 0 Å². The number of nitrogens with zero attached hydrogens (tertiary/aromatic N) is 1. The average Bonchev–Trinajstić information content (AvgIpc) is 2.46. The zero-order valence-electron chi connectivity index (χ0n) is 12.1. The van der Waals surface area contributed by atoms with Gasteiger partial charge in [0, 0.05) is 31.7 Å². The van der Waals surface area contributed by atoms with E-state index in [1.54, 1.807) is 31.3 Å². The maximum Gasteiger partial charge on any atom is 0.222 e. The van der Waals surface area contributed by atoms with Crippen LogP contribution in [0.25, 0.3) is 0 Å². The minimum absolute atomic E-state index is 0.0112. The molecule has 0 saturated carbocycles. The van der Waals surface area contributed by atoms with Gasteiger partial charge in [0.25, 0.3) is 0 Å². The second-order valence-electron chi connectivity index (χ2n) is 5.29. The van der Waals surface area contributed by atoms with Crippen molar-refractivity contribution in [2.24, 2.45) is 5.92 Å². The number of piperidine rings is 1. The number of anilines is 1. The van der Waals surface area contributed by atoms with Crippen LogP contribution in [0.15, 0.2) is 24.3 Å². The van der Waals surface area contributed by atoms with Crippen LogP contribution in [-0.2, 0) is 20.6 Å². The molecule has 3 N–H and O–H groups in total. The van der Waals surface area contributed by atoms with Crippen LogP contribution in [0.1, 0.15) is 18.4 Å². The molecule has 6 nitrogen and oxygen atoms in total. The van der Waals surface area contributed by atoms with Gasteiger partial charge in [0.15, 0.2) is 0 Å². The smallest absolute Gasteiger partial charge is 0.222 e. The van der Waals surface area contributed by atoms with E-state index in [0.29, 0.717) is 37.2 Å². The molecular formula is C14H21N3O3S. The largest absolute Gasteiger partial charge is 0.399 e. The molecule has 1 fully saturated rings. The van der Waals surface area contributed by atoms with Crippen molar-refractivity contribution < 1.29 is 13.2 Å². The van der Waals surface area contributed by atoms with Gasteiger partial charge in [-0.1, -0.05) is 12.1 Å². The first-order valence-electron chi connectivity index (χ1n) is 6.96. The van der Waals surface area contributed by atoms with Gasteiger partial charge in [-0.2, -0.15) is 0 Å². The van der Waals surface area contributed by atoms with Gasteiger partial charge < -0.3 is 11.1 Å². The van der Waals surface area contributed by atoms with Gasteiger partial charge in [0.05, 0.1) is 5.75 Å². The predicted octanol–water partition coefficient (Wildman–Crippen LogP) is 0.557. The fraction of sp³-hybridized carbons (Fsp3) is 0.500. The minimum Gasteiger partial charge on any atom is -0.399 e. The third-order valence-electron chi connectivity index (χ3n) is 3.76. The van der Waals surface area contributed by atoms with Crippen molar-refractivity contribution in [2.75, 3.05) is 25.9 Å². The van der Waals surface area contributed by atoms with Crippen LogP contribution < -0.4 is 11.1 Å². The van der Waals surface area contributed by atoms with Crippen LogP contribution in [0.2, 0.25) is 0 Å². The fourth-order valence-electron chi connectivity index (χ4n) is 2.59. The SMILES string of the molecule is CNC(=O)C1CCN(S(=O)(=O)Cc2cccc(N)c2)CC1. The number of nitrogen functional groups attached to an aromatic ring is 1. The normalized spacial score (nSPS) is 17.6. The fourth-order valence-corrected chi connectivity index (χ4v) is 4.14. The molecule has 1 heterocycles. The summed E-state index contributed by atoms with van der Waals surface area (Å²) in [5, 5.41) is 2.61. The number of sulfonamides is 1. The Bertz CT molecular complexity index is 608. The molecule has 0 bridgehead atoms. The summed E-state index contributed by atoms with van der Waals surface area (Å²) in [6.45, 7) is 0.783. The van der Waals surface area contributed by atoms with E-state index in [0.717, 1.165) is 0 Å². The summed E-state index contributed by atoms with van der Waals surface area (Å²) < 4.78 is 26.3. The van der Waals surface area contributed by atoms with Crippen LogP contribution in [0.3, 0.4) is 0 Å². The monoisotopic (exact) mass is 311 g/mol. The highest BCUT2D eigenvalue weighted by molar-refractivity contribution is 7.88. The van der Waals surface area contributed by atoms with E-state index in [2.05, 4.69) is 5.32 Å². The summed E-state index contributed by atoms with van der Waals surface area (Å²) in [4.78, 5) is 11.6. The Morgan fingerprint density at radius 2 is 2.05 bits per heavy atom. The first-order chi connectivity index (χ1) is 9.92. The number of nitrogens with two attached hydrogens (primary N) is 1. The number of rotatable bonds is 4. The van der Waals surface area contributed by atoms with Crippen molar-refractivity contribution in [1.29, 1.82) is 0 Å². The van der Waals surface area contributed by atoms with Crippen LogP contribution in [-0.4, -0.2) is 38.8 Å². The van der Waals surface area contributed by atoms with Crippen LogP contribution >= 0.6 is 0 Å². The van der Waals surface area contributed by atoms with Crippen molar-refractivity contribution in [3.63, 3.8) is 0 Å². The number of nitrogens with one attached hydrogen (secondary N) is 1. The molecule has 1 aliphatic heterocycles. The molecule has 1 saturated heterocycles. The summed E-state index contributed by atoms with van der Waals surface area (Å²) in [7, 11) is -1.76. The Kier molecular flexibility index (Phi) is 4.84. The van der Waals surface area contributed by atoms with E-state index in [-0.39, 0.29) is 17.6 Å². The molecule has 0 radical (unpaired) electrons. The minimum atomic E-state index is -3.36. The molecule has 0 spiro atoms. The van der Waals surface area contributed by atoms with Crippen LogP contribution in [0, 0.1) is 5.92 Å². The Labute approximate surface area is 125 Å². The first-order valence-corrected chi connectivity index (χ1v) is 8.57. The summed E-state index contributed by atoms with van der Waals surface area (Å²) in [6, 6.07) is 6.91. The lowest BCUT2D eigenvalue weighted by Crippen LogP contribution is -2.42. The number of benzene rings is 1. The Morgan fingerprint density at radius 3 is 2.62 bits per heavy atom. The molecule has 1 amide bonds. The molecule has 2 rings (SSSR count). The van der Waals surface area contributed by atoms with E-state index in [1.807, 2.05) is 0 Å². The van der Waals surface area contributed by atoms with Gasteiger partial charge in [-0.05, 0) is 30.5 Å². The van der Waals surface area contributed by atoms with E-state index < -0.39 is 10.0 Å². The quantitative estimate of drug-likeness (QED) is 0.795. The van der Waals surface area contributed by atoms with Crippen molar-refractivity contribution in [1.82, 2.24) is 9.62 Å². The van der Waals surface area contributed by atoms with Crippen LogP contribution in [0.4, 0.5) is 5.69 Å². The highest BCUT2D eigenvalue weighted by Crippen LogP contribution is 2.22. The molecule has 1 aromatic carbocycles.